The number of para-hydroxylation sites is 1. The van der Waals surface area contributed by atoms with Crippen molar-refractivity contribution >= 4 is 17.4 Å². The third-order valence-electron chi connectivity index (χ3n) is 6.72. The van der Waals surface area contributed by atoms with Gasteiger partial charge in [0.05, 0.1) is 46.2 Å². The fraction of sp³-hybridized carbons (Fsp3) is 0.407. The summed E-state index contributed by atoms with van der Waals surface area (Å²) in [6.45, 7) is 5.44. The molecule has 2 aromatic carbocycles. The summed E-state index contributed by atoms with van der Waals surface area (Å²) >= 11 is 0. The molecule has 2 aliphatic heterocycles. The van der Waals surface area contributed by atoms with E-state index in [4.69, 9.17) is 18.9 Å². The lowest BCUT2D eigenvalue weighted by Gasteiger charge is -2.31. The van der Waals surface area contributed by atoms with E-state index in [-0.39, 0.29) is 11.3 Å². The molecule has 0 saturated carbocycles. The summed E-state index contributed by atoms with van der Waals surface area (Å²) in [6, 6.07) is 9.62. The van der Waals surface area contributed by atoms with E-state index in [9.17, 15) is 14.7 Å². The number of ether oxygens (including phenoxy) is 4. The first-order chi connectivity index (χ1) is 17.4. The van der Waals surface area contributed by atoms with Crippen molar-refractivity contribution in [3.63, 3.8) is 0 Å². The van der Waals surface area contributed by atoms with Crippen LogP contribution >= 0.6 is 0 Å². The van der Waals surface area contributed by atoms with Crippen LogP contribution in [-0.4, -0.2) is 87.3 Å². The lowest BCUT2D eigenvalue weighted by atomic mass is 9.93. The minimum Gasteiger partial charge on any atom is -0.507 e. The zero-order valence-electron chi connectivity index (χ0n) is 21.1. The number of benzene rings is 2. The molecule has 0 unspecified atom stereocenters. The molecule has 2 heterocycles. The highest BCUT2D eigenvalue weighted by atomic mass is 16.5. The number of nitrogens with zero attached hydrogens (tertiary/aromatic N) is 2. The molecule has 2 aliphatic rings. The molecule has 2 fully saturated rings. The molecule has 36 heavy (non-hydrogen) atoms. The Balaban J connectivity index is 1.84. The van der Waals surface area contributed by atoms with E-state index in [0.717, 1.165) is 13.1 Å². The number of hydrogen-bond acceptors (Lipinski definition) is 8. The fourth-order valence-corrected chi connectivity index (χ4v) is 4.81. The first-order valence-corrected chi connectivity index (χ1v) is 11.9. The Hall–Kier alpha value is -3.56. The normalized spacial score (nSPS) is 20.0. The topological polar surface area (TPSA) is 97.8 Å². The maximum atomic E-state index is 13.4. The van der Waals surface area contributed by atoms with Gasteiger partial charge in [0.15, 0.2) is 11.5 Å². The van der Waals surface area contributed by atoms with E-state index < -0.39 is 17.7 Å². The molecule has 2 saturated heterocycles. The van der Waals surface area contributed by atoms with Gasteiger partial charge in [-0.05, 0) is 36.8 Å². The summed E-state index contributed by atoms with van der Waals surface area (Å²) in [5, 5.41) is 11.4. The van der Waals surface area contributed by atoms with E-state index in [0.29, 0.717) is 60.2 Å². The molecule has 9 heteroatoms. The summed E-state index contributed by atoms with van der Waals surface area (Å²) < 4.78 is 21.8. The molecule has 4 rings (SSSR count). The second-order valence-corrected chi connectivity index (χ2v) is 8.71. The summed E-state index contributed by atoms with van der Waals surface area (Å²) in [5.41, 5.74) is 1.74. The van der Waals surface area contributed by atoms with Crippen molar-refractivity contribution < 1.29 is 33.6 Å². The Morgan fingerprint density at radius 1 is 1.03 bits per heavy atom. The Morgan fingerprint density at radius 2 is 1.78 bits per heavy atom. The van der Waals surface area contributed by atoms with Gasteiger partial charge < -0.3 is 29.0 Å². The van der Waals surface area contributed by atoms with Gasteiger partial charge in [-0.2, -0.15) is 0 Å². The molecular weight excluding hydrogens is 464 g/mol. The smallest absolute Gasteiger partial charge is 0.295 e. The molecule has 0 spiro atoms. The van der Waals surface area contributed by atoms with Crippen molar-refractivity contribution in [2.24, 2.45) is 0 Å². The standard InChI is InChI=1S/C27H32N2O7/c1-17-16-18(33-2)8-9-19(17)24(30)22-23(20-6-5-7-21(34-3)26(20)35-4)29(27(32)25(22)31)11-10-28-12-14-36-15-13-28/h5-9,16,23,30H,10-15H2,1-4H3/b24-22+/t23-/m0/s1. The van der Waals surface area contributed by atoms with Crippen molar-refractivity contribution in [2.45, 2.75) is 13.0 Å². The van der Waals surface area contributed by atoms with Gasteiger partial charge >= 0.3 is 0 Å². The number of carbonyl (C=O) groups is 2. The van der Waals surface area contributed by atoms with E-state index in [1.807, 2.05) is 6.92 Å². The van der Waals surface area contributed by atoms with Gasteiger partial charge in [-0.1, -0.05) is 12.1 Å². The maximum Gasteiger partial charge on any atom is 0.295 e. The first kappa shape index (κ1) is 25.5. The summed E-state index contributed by atoms with van der Waals surface area (Å²) in [7, 11) is 4.59. The average Bonchev–Trinajstić information content (AvgIpc) is 3.16. The van der Waals surface area contributed by atoms with Gasteiger partial charge in [0.1, 0.15) is 11.5 Å². The number of ketones is 1. The van der Waals surface area contributed by atoms with Crippen LogP contribution in [0.4, 0.5) is 0 Å². The SMILES string of the molecule is COc1ccc(/C(O)=C2\C(=O)C(=O)N(CCN3CCOCC3)[C@H]2c2cccc(OC)c2OC)c(C)c1. The number of morpholine rings is 1. The lowest BCUT2D eigenvalue weighted by molar-refractivity contribution is -0.140. The Morgan fingerprint density at radius 3 is 2.42 bits per heavy atom. The second-order valence-electron chi connectivity index (χ2n) is 8.71. The zero-order chi connectivity index (χ0) is 25.8. The molecule has 192 valence electrons. The summed E-state index contributed by atoms with van der Waals surface area (Å²) in [6.07, 6.45) is 0. The van der Waals surface area contributed by atoms with Crippen LogP contribution < -0.4 is 14.2 Å². The molecule has 0 aromatic heterocycles. The van der Waals surface area contributed by atoms with Crippen LogP contribution in [0.1, 0.15) is 22.7 Å². The molecule has 1 atom stereocenters. The fourth-order valence-electron chi connectivity index (χ4n) is 4.81. The van der Waals surface area contributed by atoms with E-state index in [1.54, 1.807) is 43.5 Å². The predicted octanol–water partition coefficient (Wildman–Crippen LogP) is 2.77. The van der Waals surface area contributed by atoms with Gasteiger partial charge in [0.2, 0.25) is 0 Å². The van der Waals surface area contributed by atoms with E-state index in [1.165, 1.54) is 19.1 Å². The number of Topliss-reactive ketones (excluding diaryl/α,β-unsaturated/α-hetero) is 1. The van der Waals surface area contributed by atoms with Crippen molar-refractivity contribution in [2.75, 3.05) is 60.7 Å². The van der Waals surface area contributed by atoms with E-state index >= 15 is 0 Å². The quantitative estimate of drug-likeness (QED) is 0.339. The Kier molecular flexibility index (Phi) is 7.81. The van der Waals surface area contributed by atoms with E-state index in [2.05, 4.69) is 4.90 Å². The number of methoxy groups -OCH3 is 3. The molecule has 1 amide bonds. The van der Waals surface area contributed by atoms with Crippen LogP contribution in [0.2, 0.25) is 0 Å². The molecule has 0 bridgehead atoms. The Labute approximate surface area is 210 Å². The average molecular weight is 497 g/mol. The van der Waals surface area contributed by atoms with Crippen LogP contribution in [0.15, 0.2) is 42.0 Å². The van der Waals surface area contributed by atoms with Crippen LogP contribution in [0.5, 0.6) is 17.2 Å². The molecule has 9 nitrogen and oxygen atoms in total. The number of aliphatic hydroxyl groups is 1. The highest BCUT2D eigenvalue weighted by molar-refractivity contribution is 6.46. The van der Waals surface area contributed by atoms with Crippen molar-refractivity contribution in [3.05, 3.63) is 58.7 Å². The largest absolute Gasteiger partial charge is 0.507 e. The number of amides is 1. The van der Waals surface area contributed by atoms with Crippen molar-refractivity contribution in [3.8, 4) is 17.2 Å². The minimum absolute atomic E-state index is 0.0156. The molecular formula is C27H32N2O7. The van der Waals surface area contributed by atoms with Crippen molar-refractivity contribution in [1.82, 2.24) is 9.80 Å². The molecule has 0 aliphatic carbocycles. The molecule has 1 N–H and O–H groups in total. The van der Waals surface area contributed by atoms with Gasteiger partial charge in [0.25, 0.3) is 11.7 Å². The number of carbonyl (C=O) groups excluding carboxylic acids is 2. The highest BCUT2D eigenvalue weighted by Gasteiger charge is 2.47. The van der Waals surface area contributed by atoms with Crippen LogP contribution in [-0.2, 0) is 14.3 Å². The third kappa shape index (κ3) is 4.76. The van der Waals surface area contributed by atoms with Crippen LogP contribution in [0, 0.1) is 6.92 Å². The van der Waals surface area contributed by atoms with Crippen molar-refractivity contribution in [1.29, 1.82) is 0 Å². The van der Waals surface area contributed by atoms with Gasteiger partial charge in [-0.25, -0.2) is 0 Å². The number of aryl methyl sites for hydroxylation is 1. The predicted molar refractivity (Wildman–Crippen MR) is 134 cm³/mol. The number of aliphatic hydroxyl groups excluding tert-OH is 1. The zero-order valence-corrected chi connectivity index (χ0v) is 21.1. The second kappa shape index (κ2) is 11.0. The van der Waals surface area contributed by atoms with Gasteiger partial charge in [-0.15, -0.1) is 0 Å². The Bertz CT molecular complexity index is 1170. The van der Waals surface area contributed by atoms with Crippen LogP contribution in [0.25, 0.3) is 5.76 Å². The molecule has 2 aromatic rings. The van der Waals surface area contributed by atoms with Gasteiger partial charge in [-0.3, -0.25) is 14.5 Å². The lowest BCUT2D eigenvalue weighted by Crippen LogP contribution is -2.42. The van der Waals surface area contributed by atoms with Gasteiger partial charge in [0, 0.05) is 37.3 Å². The highest BCUT2D eigenvalue weighted by Crippen LogP contribution is 2.45. The third-order valence-corrected chi connectivity index (χ3v) is 6.72. The monoisotopic (exact) mass is 496 g/mol. The summed E-state index contributed by atoms with van der Waals surface area (Å²) in [5.74, 6) is -0.140. The first-order valence-electron chi connectivity index (χ1n) is 11.9. The maximum absolute atomic E-state index is 13.4. The number of likely N-dealkylation sites (tertiary alicyclic amines) is 1. The van der Waals surface area contributed by atoms with Crippen LogP contribution in [0.3, 0.4) is 0 Å². The number of hydrogen-bond donors (Lipinski definition) is 1. The number of rotatable bonds is 8. The molecule has 0 radical (unpaired) electrons. The minimum atomic E-state index is -0.849. The summed E-state index contributed by atoms with van der Waals surface area (Å²) in [4.78, 5) is 30.5.